The summed E-state index contributed by atoms with van der Waals surface area (Å²) in [4.78, 5) is 26.7. The fraction of sp³-hybridized carbons (Fsp3) is 0.417. The summed E-state index contributed by atoms with van der Waals surface area (Å²) in [7, 11) is 0. The number of nitrogens with zero attached hydrogens (tertiary/aromatic N) is 1. The van der Waals surface area contributed by atoms with Crippen LogP contribution in [0.2, 0.25) is 0 Å². The van der Waals surface area contributed by atoms with Gasteiger partial charge in [0.05, 0.1) is 12.6 Å². The number of hydrogen-bond acceptors (Lipinski definition) is 5. The highest BCUT2D eigenvalue weighted by molar-refractivity contribution is 5.96. The van der Waals surface area contributed by atoms with Gasteiger partial charge in [0.1, 0.15) is 12.4 Å². The van der Waals surface area contributed by atoms with Crippen molar-refractivity contribution in [3.63, 3.8) is 0 Å². The first-order valence-corrected chi connectivity index (χ1v) is 10.9. The molecule has 164 valence electrons. The monoisotopic (exact) mass is 423 g/mol. The van der Waals surface area contributed by atoms with Crippen molar-refractivity contribution in [2.75, 3.05) is 43.5 Å². The second-order valence-electron chi connectivity index (χ2n) is 7.95. The molecule has 2 fully saturated rings. The highest BCUT2D eigenvalue weighted by Gasteiger charge is 2.19. The van der Waals surface area contributed by atoms with Gasteiger partial charge >= 0.3 is 0 Å². The summed E-state index contributed by atoms with van der Waals surface area (Å²) in [5.74, 6) is 0.641. The molecule has 0 aromatic heterocycles. The highest BCUT2D eigenvalue weighted by atomic mass is 16.5. The second-order valence-corrected chi connectivity index (χ2v) is 7.95. The third-order valence-electron chi connectivity index (χ3n) is 5.55. The predicted molar refractivity (Wildman–Crippen MR) is 120 cm³/mol. The number of benzene rings is 2. The molecule has 2 aliphatic heterocycles. The predicted octanol–water partition coefficient (Wildman–Crippen LogP) is 3.53. The van der Waals surface area contributed by atoms with Crippen LogP contribution in [0.15, 0.2) is 48.5 Å². The lowest BCUT2D eigenvalue weighted by molar-refractivity contribution is -0.114. The van der Waals surface area contributed by atoms with Crippen LogP contribution < -0.4 is 15.4 Å². The van der Waals surface area contributed by atoms with Crippen LogP contribution in [0.25, 0.3) is 0 Å². The summed E-state index contributed by atoms with van der Waals surface area (Å²) in [6.45, 7) is 3.10. The van der Waals surface area contributed by atoms with Gasteiger partial charge in [-0.05, 0) is 68.1 Å². The number of rotatable bonds is 8. The molecule has 1 atom stereocenters. The number of hydrogen-bond donors (Lipinski definition) is 2. The lowest BCUT2D eigenvalue weighted by atomic mass is 10.1. The standard InChI is InChI=1S/C24H29N3O4/c28-23(26-19-8-10-21(11-9-19)31-17-22-7-4-14-30-22)16-25-20-6-3-5-18(15-20)24(29)27-12-1-2-13-27/h3,5-6,8-11,15,22,25H,1-2,4,7,12-14,16-17H2,(H,26,28). The lowest BCUT2D eigenvalue weighted by Crippen LogP contribution is -2.27. The average molecular weight is 424 g/mol. The zero-order chi connectivity index (χ0) is 21.5. The van der Waals surface area contributed by atoms with E-state index in [4.69, 9.17) is 9.47 Å². The van der Waals surface area contributed by atoms with Crippen LogP contribution in [-0.4, -0.2) is 55.7 Å². The Morgan fingerprint density at radius 3 is 2.58 bits per heavy atom. The Kier molecular flexibility index (Phi) is 7.04. The number of carbonyl (C=O) groups excluding carboxylic acids is 2. The van der Waals surface area contributed by atoms with E-state index in [0.29, 0.717) is 17.9 Å². The Bertz CT molecular complexity index is 888. The molecule has 0 spiro atoms. The minimum atomic E-state index is -0.163. The lowest BCUT2D eigenvalue weighted by Gasteiger charge is -2.16. The molecule has 0 radical (unpaired) electrons. The maximum Gasteiger partial charge on any atom is 0.253 e. The van der Waals surface area contributed by atoms with Gasteiger partial charge in [-0.3, -0.25) is 9.59 Å². The molecular weight excluding hydrogens is 394 g/mol. The Morgan fingerprint density at radius 2 is 1.84 bits per heavy atom. The summed E-state index contributed by atoms with van der Waals surface area (Å²) in [5.41, 5.74) is 2.10. The second kappa shape index (κ2) is 10.3. The van der Waals surface area contributed by atoms with Crippen molar-refractivity contribution in [3.05, 3.63) is 54.1 Å². The van der Waals surface area contributed by atoms with Gasteiger partial charge in [0.2, 0.25) is 5.91 Å². The molecule has 2 amide bonds. The van der Waals surface area contributed by atoms with Crippen LogP contribution in [0.1, 0.15) is 36.0 Å². The van der Waals surface area contributed by atoms with E-state index in [0.717, 1.165) is 56.8 Å². The van der Waals surface area contributed by atoms with Crippen LogP contribution in [-0.2, 0) is 9.53 Å². The maximum absolute atomic E-state index is 12.5. The fourth-order valence-electron chi connectivity index (χ4n) is 3.85. The molecule has 2 aromatic rings. The molecule has 31 heavy (non-hydrogen) atoms. The molecular formula is C24H29N3O4. The molecule has 4 rings (SSSR count). The van der Waals surface area contributed by atoms with E-state index in [1.807, 2.05) is 47.4 Å². The van der Waals surface area contributed by atoms with E-state index >= 15 is 0 Å². The SMILES string of the molecule is O=C(CNc1cccc(C(=O)N2CCCC2)c1)Nc1ccc(OCC2CCCO2)cc1. The van der Waals surface area contributed by atoms with E-state index in [1.54, 1.807) is 6.07 Å². The van der Waals surface area contributed by atoms with Crippen LogP contribution in [0.3, 0.4) is 0 Å². The van der Waals surface area contributed by atoms with Gasteiger partial charge in [-0.15, -0.1) is 0 Å². The van der Waals surface area contributed by atoms with Crippen molar-refractivity contribution >= 4 is 23.2 Å². The summed E-state index contributed by atoms with van der Waals surface area (Å²) in [5, 5.41) is 5.95. The molecule has 2 heterocycles. The number of likely N-dealkylation sites (tertiary alicyclic amines) is 1. The Labute approximate surface area is 182 Å². The topological polar surface area (TPSA) is 79.9 Å². The van der Waals surface area contributed by atoms with Crippen molar-refractivity contribution in [2.45, 2.75) is 31.8 Å². The summed E-state index contributed by atoms with van der Waals surface area (Å²) >= 11 is 0. The summed E-state index contributed by atoms with van der Waals surface area (Å²) in [6, 6.07) is 14.6. The van der Waals surface area contributed by atoms with Crippen molar-refractivity contribution in [1.82, 2.24) is 4.90 Å². The van der Waals surface area contributed by atoms with Crippen molar-refractivity contribution in [1.29, 1.82) is 0 Å². The van der Waals surface area contributed by atoms with Gasteiger partial charge in [-0.2, -0.15) is 0 Å². The Hall–Kier alpha value is -3.06. The smallest absolute Gasteiger partial charge is 0.253 e. The third kappa shape index (κ3) is 5.98. The number of ether oxygens (including phenoxy) is 2. The van der Waals surface area contributed by atoms with Gasteiger partial charge in [0.15, 0.2) is 0 Å². The molecule has 7 nitrogen and oxygen atoms in total. The first-order valence-electron chi connectivity index (χ1n) is 10.9. The fourth-order valence-corrected chi connectivity index (χ4v) is 3.85. The van der Waals surface area contributed by atoms with Crippen LogP contribution in [0.4, 0.5) is 11.4 Å². The molecule has 2 N–H and O–H groups in total. The molecule has 2 aliphatic rings. The highest BCUT2D eigenvalue weighted by Crippen LogP contribution is 2.19. The van der Waals surface area contributed by atoms with Crippen LogP contribution in [0.5, 0.6) is 5.75 Å². The van der Waals surface area contributed by atoms with E-state index < -0.39 is 0 Å². The zero-order valence-electron chi connectivity index (χ0n) is 17.6. The van der Waals surface area contributed by atoms with Gasteiger partial charge in [-0.1, -0.05) is 6.07 Å². The molecule has 1 unspecified atom stereocenters. The Balaban J connectivity index is 1.23. The minimum Gasteiger partial charge on any atom is -0.491 e. The van der Waals surface area contributed by atoms with Gasteiger partial charge < -0.3 is 25.0 Å². The maximum atomic E-state index is 12.5. The van der Waals surface area contributed by atoms with Crippen molar-refractivity contribution in [3.8, 4) is 5.75 Å². The number of anilines is 2. The number of nitrogens with one attached hydrogen (secondary N) is 2. The van der Waals surface area contributed by atoms with E-state index in [1.165, 1.54) is 0 Å². The molecule has 0 bridgehead atoms. The van der Waals surface area contributed by atoms with E-state index in [2.05, 4.69) is 10.6 Å². The largest absolute Gasteiger partial charge is 0.491 e. The summed E-state index contributed by atoms with van der Waals surface area (Å²) in [6.07, 6.45) is 4.43. The van der Waals surface area contributed by atoms with Gasteiger partial charge in [-0.25, -0.2) is 0 Å². The quantitative estimate of drug-likeness (QED) is 0.679. The first-order chi connectivity index (χ1) is 15.2. The number of amides is 2. The molecule has 7 heteroatoms. The third-order valence-corrected chi connectivity index (χ3v) is 5.55. The van der Waals surface area contributed by atoms with E-state index in [9.17, 15) is 9.59 Å². The minimum absolute atomic E-state index is 0.0485. The number of carbonyl (C=O) groups is 2. The van der Waals surface area contributed by atoms with Crippen molar-refractivity contribution in [2.24, 2.45) is 0 Å². The van der Waals surface area contributed by atoms with E-state index in [-0.39, 0.29) is 24.5 Å². The Morgan fingerprint density at radius 1 is 1.03 bits per heavy atom. The summed E-state index contributed by atoms with van der Waals surface area (Å²) < 4.78 is 11.3. The van der Waals surface area contributed by atoms with Gasteiger partial charge in [0, 0.05) is 36.6 Å². The molecule has 0 aliphatic carbocycles. The van der Waals surface area contributed by atoms with Crippen molar-refractivity contribution < 1.29 is 19.1 Å². The normalized spacial score (nSPS) is 18.1. The molecule has 2 aromatic carbocycles. The average Bonchev–Trinajstić information content (AvgIpc) is 3.51. The molecule has 2 saturated heterocycles. The van der Waals surface area contributed by atoms with Crippen LogP contribution in [0, 0.1) is 0 Å². The van der Waals surface area contributed by atoms with Crippen LogP contribution >= 0.6 is 0 Å². The first kappa shape index (κ1) is 21.2. The zero-order valence-corrected chi connectivity index (χ0v) is 17.6. The molecule has 0 saturated carbocycles. The van der Waals surface area contributed by atoms with Gasteiger partial charge in [0.25, 0.3) is 5.91 Å².